The molecule has 7 heterocycles. The van der Waals surface area contributed by atoms with Crippen LogP contribution in [0.2, 0.25) is 0 Å². The molecule has 4 aromatic heterocycles. The molecule has 0 spiro atoms. The van der Waals surface area contributed by atoms with Crippen LogP contribution in [0.25, 0.3) is 55.3 Å². The van der Waals surface area contributed by atoms with E-state index in [9.17, 15) is 19.8 Å². The third-order valence-corrected chi connectivity index (χ3v) is 16.4. The number of aromatic hydroxyl groups is 1. The number of phenolic OH excluding ortho intramolecular Hbond substituents is 1. The standard InChI is InChI=1S/C60H65FN12O6.Pd/c1-33(2)55(59(77)71-22-6-8-51(71)58(76)65-50(31-74)39-18-14-36(15-19-39)40-7-5-21-62-26-40)73-30-49(69-70-73)38-12-9-35(10-13-38)11-20-43-47(61)25-48-46(28-64-68-48)52(43)53-44(37-16-17-37)24-45-54(56(53)75)66-60(79-32-34(3)78-4)67-57(45)72-29-41-23-42(72)27-63-41;/h5,7,9-10,12-15,18-19,21,24-26,28,30,33-34,37,41-42,50-51,55,63,74H,6,8,11,16-17,20,22-23,27,29,31-32H2,1-4H3,(H3,64,65,66,67,68,69,70,75,76);/p-1/t34-,41?,42?,50?,51?,55?;/m0./s1. The summed E-state index contributed by atoms with van der Waals surface area (Å²) in [5.74, 6) is -0.359. The van der Waals surface area contributed by atoms with Crippen LogP contribution in [0.1, 0.15) is 93.1 Å². The number of aliphatic hydroxyl groups is 1. The molecule has 4 aliphatic rings. The Kier molecular flexibility index (Phi) is 15.8. The Hall–Kier alpha value is -7.21. The van der Waals surface area contributed by atoms with E-state index >= 15 is 4.39 Å². The molecular weight excluding hydrogens is 1110 g/mol. The third kappa shape index (κ3) is 10.7. The molecular formula is C60H64FN12O6Pd-. The Balaban J connectivity index is 0.00000675. The molecule has 3 aliphatic heterocycles. The van der Waals surface area contributed by atoms with Crippen LogP contribution in [0.4, 0.5) is 10.2 Å². The van der Waals surface area contributed by atoms with Gasteiger partial charge in [-0.1, -0.05) is 73.7 Å². The summed E-state index contributed by atoms with van der Waals surface area (Å²) < 4.78 is 30.0. The zero-order valence-electron chi connectivity index (χ0n) is 45.0. The van der Waals surface area contributed by atoms with E-state index in [1.807, 2.05) is 81.4 Å². The summed E-state index contributed by atoms with van der Waals surface area (Å²) in [6, 6.07) is 21.5. The Labute approximate surface area is 476 Å². The Morgan fingerprint density at radius 2 is 1.76 bits per heavy atom. The van der Waals surface area contributed by atoms with Gasteiger partial charge in [0.2, 0.25) is 11.8 Å². The molecule has 1 saturated carbocycles. The average molecular weight is 1170 g/mol. The monoisotopic (exact) mass is 1170 g/mol. The van der Waals surface area contributed by atoms with Crippen LogP contribution in [-0.2, 0) is 47.6 Å². The van der Waals surface area contributed by atoms with Gasteiger partial charge in [0.15, 0.2) is 0 Å². The van der Waals surface area contributed by atoms with Crippen molar-refractivity contribution in [3.8, 4) is 45.3 Å². The van der Waals surface area contributed by atoms with Gasteiger partial charge in [-0.05, 0) is 126 Å². The molecule has 20 heteroatoms. The number of fused-ring (bicyclic) bond motifs is 4. The number of piperazine rings is 1. The molecule has 8 aromatic rings. The van der Waals surface area contributed by atoms with Gasteiger partial charge in [-0.3, -0.25) is 14.6 Å². The van der Waals surface area contributed by atoms with Crippen molar-refractivity contribution in [2.45, 2.75) is 108 Å². The number of rotatable bonds is 19. The summed E-state index contributed by atoms with van der Waals surface area (Å²) in [6.07, 6.45) is 11.5. The minimum atomic E-state index is -0.730. The van der Waals surface area contributed by atoms with Crippen LogP contribution in [0.3, 0.4) is 0 Å². The number of benzene rings is 4. The number of hydrogen-bond donors (Lipinski definition) is 4. The fourth-order valence-corrected chi connectivity index (χ4v) is 11.9. The van der Waals surface area contributed by atoms with E-state index < -0.39 is 23.9 Å². The zero-order valence-corrected chi connectivity index (χ0v) is 46.6. The molecule has 80 heavy (non-hydrogen) atoms. The first-order chi connectivity index (χ1) is 38.4. The SMILES string of the molecule is CO[C@@H](C)COc1nc(N2CC3CC2CN3)c2cc(C3CC3)c(-c3c(CCc4ccc(-c5cn(C(C(=O)N6CCCC6C(=O)NC(CO)c6ccc(-c7cccnc7)cc6)C(C)C)nn5)cc4)c(F)cc4n[n-]cc34)c(O)c2n1.[Pd]. The van der Waals surface area contributed by atoms with E-state index in [0.717, 1.165) is 76.9 Å². The Bertz CT molecular complexity index is 3540. The molecule has 12 rings (SSSR count). The van der Waals surface area contributed by atoms with Gasteiger partial charge >= 0.3 is 6.01 Å². The maximum absolute atomic E-state index is 16.8. The van der Waals surface area contributed by atoms with Gasteiger partial charge in [0.05, 0.1) is 30.5 Å². The average Bonchev–Trinajstić information content (AvgIpc) is 3.67. The number of likely N-dealkylation sites (tertiary alicyclic amines) is 1. The van der Waals surface area contributed by atoms with E-state index in [4.69, 9.17) is 19.4 Å². The van der Waals surface area contributed by atoms with Crippen LogP contribution in [0.5, 0.6) is 11.8 Å². The molecule has 1 aliphatic carbocycles. The number of ether oxygens (including phenoxy) is 2. The summed E-state index contributed by atoms with van der Waals surface area (Å²) >= 11 is 0. The van der Waals surface area contributed by atoms with Crippen molar-refractivity contribution < 1.29 is 54.1 Å². The maximum Gasteiger partial charge on any atom is 0.319 e. The van der Waals surface area contributed by atoms with Crippen LogP contribution in [0, 0.1) is 11.7 Å². The largest absolute Gasteiger partial charge is 0.581 e. The first-order valence-corrected chi connectivity index (χ1v) is 27.5. The van der Waals surface area contributed by atoms with Crippen molar-refractivity contribution in [2.24, 2.45) is 5.92 Å². The molecule has 2 bridgehead atoms. The number of carbonyl (C=O) groups excluding carboxylic acids is 2. The summed E-state index contributed by atoms with van der Waals surface area (Å²) in [5.41, 5.74) is 8.16. The van der Waals surface area contributed by atoms with Crippen LogP contribution < -0.4 is 25.4 Å². The topological polar surface area (TPSA) is 220 Å². The van der Waals surface area contributed by atoms with Crippen LogP contribution in [0.15, 0.2) is 97.6 Å². The van der Waals surface area contributed by atoms with E-state index in [1.54, 1.807) is 41.5 Å². The number of aromatic nitrogens is 8. The van der Waals surface area contributed by atoms with Crippen LogP contribution in [-0.4, -0.2) is 126 Å². The van der Waals surface area contributed by atoms with Gasteiger partial charge in [-0.15, -0.1) is 5.10 Å². The minimum absolute atomic E-state index is 0. The number of aliphatic hydroxyl groups excluding tert-OH is 1. The first-order valence-electron chi connectivity index (χ1n) is 27.5. The van der Waals surface area contributed by atoms with Gasteiger partial charge in [0.1, 0.15) is 47.3 Å². The first kappa shape index (κ1) is 54.7. The molecule has 3 saturated heterocycles. The second-order valence-electron chi connectivity index (χ2n) is 22.0. The molecule has 4 fully saturated rings. The summed E-state index contributed by atoms with van der Waals surface area (Å²) in [6.45, 7) is 7.72. The van der Waals surface area contributed by atoms with Crippen molar-refractivity contribution in [3.63, 3.8) is 0 Å². The molecule has 2 amide bonds. The van der Waals surface area contributed by atoms with E-state index in [2.05, 4.69) is 47.1 Å². The number of nitrogens with one attached hydrogen (secondary N) is 2. The van der Waals surface area contributed by atoms with E-state index in [1.165, 1.54) is 6.07 Å². The number of amides is 2. The summed E-state index contributed by atoms with van der Waals surface area (Å²) in [7, 11) is 1.62. The number of nitrogens with zero attached hydrogens (tertiary/aromatic N) is 10. The van der Waals surface area contributed by atoms with Crippen molar-refractivity contribution in [1.29, 1.82) is 0 Å². The van der Waals surface area contributed by atoms with Gasteiger partial charge in [0, 0.05) is 88.2 Å². The number of aryl methyl sites for hydroxylation is 1. The fourth-order valence-electron chi connectivity index (χ4n) is 11.9. The van der Waals surface area contributed by atoms with Crippen molar-refractivity contribution >= 4 is 39.4 Å². The smallest absolute Gasteiger partial charge is 0.319 e. The predicted molar refractivity (Wildman–Crippen MR) is 296 cm³/mol. The molecule has 4 aromatic carbocycles. The number of phenols is 1. The number of anilines is 1. The number of halogens is 1. The molecule has 0 radical (unpaired) electrons. The summed E-state index contributed by atoms with van der Waals surface area (Å²) in [5, 5.41) is 48.5. The minimum Gasteiger partial charge on any atom is -0.581 e. The number of hydrogen-bond acceptors (Lipinski definition) is 14. The number of carbonyl (C=O) groups is 2. The van der Waals surface area contributed by atoms with Gasteiger partial charge < -0.3 is 50.3 Å². The third-order valence-electron chi connectivity index (χ3n) is 16.4. The van der Waals surface area contributed by atoms with E-state index in [0.29, 0.717) is 77.1 Å². The summed E-state index contributed by atoms with van der Waals surface area (Å²) in [4.78, 5) is 46.4. The van der Waals surface area contributed by atoms with E-state index in [-0.39, 0.29) is 81.2 Å². The van der Waals surface area contributed by atoms with Crippen molar-refractivity contribution in [3.05, 3.63) is 126 Å². The Morgan fingerprint density at radius 1 is 0.963 bits per heavy atom. The normalized spacial score (nSPS) is 19.0. The number of pyridine rings is 1. The number of methoxy groups -OCH3 is 1. The zero-order chi connectivity index (χ0) is 54.5. The second-order valence-corrected chi connectivity index (χ2v) is 22.0. The fraction of sp³-hybridized carbons (Fsp3) is 0.400. The second kappa shape index (κ2) is 23.1. The molecule has 418 valence electrons. The van der Waals surface area contributed by atoms with Crippen molar-refractivity contribution in [2.75, 3.05) is 44.9 Å². The van der Waals surface area contributed by atoms with Gasteiger partial charge in [-0.25, -0.2) is 9.07 Å². The molecule has 18 nitrogen and oxygen atoms in total. The quantitative estimate of drug-likeness (QED) is 0.0572. The molecule has 6 atom stereocenters. The van der Waals surface area contributed by atoms with Crippen molar-refractivity contribution in [1.82, 2.24) is 55.7 Å². The van der Waals surface area contributed by atoms with Gasteiger partial charge in [-0.2, -0.15) is 16.2 Å². The van der Waals surface area contributed by atoms with Crippen LogP contribution >= 0.6 is 0 Å². The van der Waals surface area contributed by atoms with Gasteiger partial charge in [0.25, 0.3) is 0 Å². The molecule has 4 N–H and O–H groups in total. The predicted octanol–water partition coefficient (Wildman–Crippen LogP) is 7.63. The molecule has 5 unspecified atom stereocenters. The Morgan fingerprint density at radius 3 is 2.46 bits per heavy atom. The maximum atomic E-state index is 16.8.